The van der Waals surface area contributed by atoms with Gasteiger partial charge in [-0.15, -0.1) is 0 Å². The number of carbonyl (C=O) groups is 1. The van der Waals surface area contributed by atoms with Crippen LogP contribution in [0.4, 0.5) is 4.79 Å². The summed E-state index contributed by atoms with van der Waals surface area (Å²) < 4.78 is 1.79. The molecule has 2 amide bonds. The molecule has 0 spiro atoms. The lowest BCUT2D eigenvalue weighted by molar-refractivity contribution is 0.238. The minimum Gasteiger partial charge on any atom is -0.336 e. The average molecular weight is 273 g/mol. The number of nitrogens with zero attached hydrogens (tertiary/aromatic N) is 3. The fraction of sp³-hybridized carbons (Fsp3) is 0.357. The van der Waals surface area contributed by atoms with Gasteiger partial charge in [0.25, 0.3) is 0 Å². The first kappa shape index (κ1) is 14.0. The molecule has 0 fully saturated rings. The summed E-state index contributed by atoms with van der Waals surface area (Å²) in [6.45, 7) is 5.00. The Morgan fingerprint density at radius 2 is 2.15 bits per heavy atom. The van der Waals surface area contributed by atoms with Gasteiger partial charge in [-0.1, -0.05) is 6.07 Å². The van der Waals surface area contributed by atoms with Crippen LogP contribution in [0, 0.1) is 0 Å². The quantitative estimate of drug-likeness (QED) is 0.870. The van der Waals surface area contributed by atoms with E-state index in [2.05, 4.69) is 20.7 Å². The van der Waals surface area contributed by atoms with Crippen molar-refractivity contribution in [3.05, 3.63) is 36.7 Å². The Morgan fingerprint density at radius 1 is 1.30 bits per heavy atom. The predicted molar refractivity (Wildman–Crippen MR) is 77.1 cm³/mol. The molecule has 6 nitrogen and oxygen atoms in total. The molecule has 20 heavy (non-hydrogen) atoms. The molecule has 2 heterocycles. The Hall–Kier alpha value is -2.37. The van der Waals surface area contributed by atoms with E-state index in [0.717, 1.165) is 11.4 Å². The van der Waals surface area contributed by atoms with Crippen LogP contribution >= 0.6 is 0 Å². The van der Waals surface area contributed by atoms with Gasteiger partial charge in [-0.2, -0.15) is 5.10 Å². The SMILES string of the molecule is CC(C)NC(=O)NCCn1ccc(-c2ccccn2)n1. The molecule has 2 aromatic rings. The van der Waals surface area contributed by atoms with E-state index in [1.165, 1.54) is 0 Å². The van der Waals surface area contributed by atoms with Gasteiger partial charge >= 0.3 is 6.03 Å². The summed E-state index contributed by atoms with van der Waals surface area (Å²) in [4.78, 5) is 15.7. The topological polar surface area (TPSA) is 71.8 Å². The maximum Gasteiger partial charge on any atom is 0.315 e. The molecular weight excluding hydrogens is 254 g/mol. The number of rotatable bonds is 5. The summed E-state index contributed by atoms with van der Waals surface area (Å²) in [5, 5.41) is 9.98. The summed E-state index contributed by atoms with van der Waals surface area (Å²) >= 11 is 0. The molecular formula is C14H19N5O. The van der Waals surface area contributed by atoms with E-state index in [1.807, 2.05) is 44.3 Å². The Balaban J connectivity index is 1.83. The standard InChI is InChI=1S/C14H19N5O/c1-11(2)17-14(20)16-8-10-19-9-6-13(18-19)12-5-3-4-7-15-12/h3-7,9,11H,8,10H2,1-2H3,(H2,16,17,20). The Labute approximate surface area is 118 Å². The van der Waals surface area contributed by atoms with Gasteiger partial charge < -0.3 is 10.6 Å². The van der Waals surface area contributed by atoms with E-state index < -0.39 is 0 Å². The maximum absolute atomic E-state index is 11.4. The van der Waals surface area contributed by atoms with Crippen molar-refractivity contribution >= 4 is 6.03 Å². The van der Waals surface area contributed by atoms with Crippen LogP contribution in [-0.2, 0) is 6.54 Å². The van der Waals surface area contributed by atoms with Crippen molar-refractivity contribution < 1.29 is 4.79 Å². The summed E-state index contributed by atoms with van der Waals surface area (Å²) in [5.41, 5.74) is 1.67. The summed E-state index contributed by atoms with van der Waals surface area (Å²) in [6.07, 6.45) is 3.62. The number of hydrogen-bond acceptors (Lipinski definition) is 3. The zero-order valence-electron chi connectivity index (χ0n) is 11.7. The van der Waals surface area contributed by atoms with Crippen LogP contribution < -0.4 is 10.6 Å². The fourth-order valence-corrected chi connectivity index (χ4v) is 1.73. The predicted octanol–water partition coefficient (Wildman–Crippen LogP) is 1.65. The summed E-state index contributed by atoms with van der Waals surface area (Å²) in [6, 6.07) is 7.61. The molecule has 6 heteroatoms. The second-order valence-corrected chi connectivity index (χ2v) is 4.73. The van der Waals surface area contributed by atoms with Crippen molar-refractivity contribution in [2.24, 2.45) is 0 Å². The van der Waals surface area contributed by atoms with Gasteiger partial charge in [0.05, 0.1) is 12.2 Å². The van der Waals surface area contributed by atoms with Crippen LogP contribution in [0.3, 0.4) is 0 Å². The lowest BCUT2D eigenvalue weighted by Crippen LogP contribution is -2.40. The third-order valence-corrected chi connectivity index (χ3v) is 2.61. The van der Waals surface area contributed by atoms with Crippen LogP contribution in [0.1, 0.15) is 13.8 Å². The molecule has 2 rings (SSSR count). The van der Waals surface area contributed by atoms with Crippen LogP contribution in [0.5, 0.6) is 0 Å². The number of carbonyl (C=O) groups excluding carboxylic acids is 1. The van der Waals surface area contributed by atoms with Gasteiger partial charge in [-0.3, -0.25) is 9.67 Å². The number of aromatic nitrogens is 3. The van der Waals surface area contributed by atoms with Crippen molar-refractivity contribution in [1.82, 2.24) is 25.4 Å². The van der Waals surface area contributed by atoms with Crippen molar-refractivity contribution in [3.63, 3.8) is 0 Å². The second-order valence-electron chi connectivity index (χ2n) is 4.73. The van der Waals surface area contributed by atoms with Gasteiger partial charge in [-0.25, -0.2) is 4.79 Å². The molecule has 0 saturated carbocycles. The third-order valence-electron chi connectivity index (χ3n) is 2.61. The largest absolute Gasteiger partial charge is 0.336 e. The van der Waals surface area contributed by atoms with E-state index in [-0.39, 0.29) is 12.1 Å². The van der Waals surface area contributed by atoms with Crippen LogP contribution in [0.25, 0.3) is 11.4 Å². The maximum atomic E-state index is 11.4. The van der Waals surface area contributed by atoms with Gasteiger partial charge in [0.15, 0.2) is 0 Å². The molecule has 106 valence electrons. The van der Waals surface area contributed by atoms with Crippen molar-refractivity contribution in [3.8, 4) is 11.4 Å². The molecule has 0 bridgehead atoms. The number of pyridine rings is 1. The number of hydrogen-bond donors (Lipinski definition) is 2. The van der Waals surface area contributed by atoms with E-state index >= 15 is 0 Å². The Bertz CT molecular complexity index is 550. The van der Waals surface area contributed by atoms with Gasteiger partial charge in [0.1, 0.15) is 5.69 Å². The first-order valence-corrected chi connectivity index (χ1v) is 6.64. The molecule has 0 aromatic carbocycles. The van der Waals surface area contributed by atoms with E-state index in [4.69, 9.17) is 0 Å². The molecule has 0 saturated heterocycles. The molecule has 0 radical (unpaired) electrons. The molecule has 0 aliphatic heterocycles. The normalized spacial score (nSPS) is 10.6. The van der Waals surface area contributed by atoms with Crippen molar-refractivity contribution in [2.45, 2.75) is 26.4 Å². The molecule has 2 aromatic heterocycles. The minimum absolute atomic E-state index is 0.135. The van der Waals surface area contributed by atoms with Crippen LogP contribution in [0.15, 0.2) is 36.7 Å². The third kappa shape index (κ3) is 4.08. The number of amides is 2. The fourth-order valence-electron chi connectivity index (χ4n) is 1.73. The highest BCUT2D eigenvalue weighted by molar-refractivity contribution is 5.73. The second kappa shape index (κ2) is 6.70. The van der Waals surface area contributed by atoms with Crippen molar-refractivity contribution in [1.29, 1.82) is 0 Å². The first-order valence-electron chi connectivity index (χ1n) is 6.64. The summed E-state index contributed by atoms with van der Waals surface area (Å²) in [7, 11) is 0. The minimum atomic E-state index is -0.155. The lowest BCUT2D eigenvalue weighted by atomic mass is 10.3. The summed E-state index contributed by atoms with van der Waals surface area (Å²) in [5.74, 6) is 0. The number of nitrogens with one attached hydrogen (secondary N) is 2. The van der Waals surface area contributed by atoms with Gasteiger partial charge in [0.2, 0.25) is 0 Å². The Morgan fingerprint density at radius 3 is 2.85 bits per heavy atom. The number of urea groups is 1. The lowest BCUT2D eigenvalue weighted by Gasteiger charge is -2.09. The van der Waals surface area contributed by atoms with Crippen LogP contribution in [-0.4, -0.2) is 33.4 Å². The molecule has 0 aliphatic rings. The zero-order chi connectivity index (χ0) is 14.4. The zero-order valence-corrected chi connectivity index (χ0v) is 11.7. The highest BCUT2D eigenvalue weighted by atomic mass is 16.2. The van der Waals surface area contributed by atoms with E-state index in [1.54, 1.807) is 10.9 Å². The Kier molecular flexibility index (Phi) is 4.70. The van der Waals surface area contributed by atoms with Gasteiger partial charge in [0, 0.05) is 25.0 Å². The van der Waals surface area contributed by atoms with E-state index in [0.29, 0.717) is 13.1 Å². The highest BCUT2D eigenvalue weighted by Gasteiger charge is 2.04. The van der Waals surface area contributed by atoms with E-state index in [9.17, 15) is 4.79 Å². The molecule has 0 unspecified atom stereocenters. The first-order chi connectivity index (χ1) is 9.65. The van der Waals surface area contributed by atoms with Crippen molar-refractivity contribution in [2.75, 3.05) is 6.54 Å². The monoisotopic (exact) mass is 273 g/mol. The highest BCUT2D eigenvalue weighted by Crippen LogP contribution is 2.12. The average Bonchev–Trinajstić information content (AvgIpc) is 2.88. The molecule has 0 aliphatic carbocycles. The van der Waals surface area contributed by atoms with Gasteiger partial charge in [-0.05, 0) is 32.0 Å². The molecule has 0 atom stereocenters. The molecule has 2 N–H and O–H groups in total. The smallest absolute Gasteiger partial charge is 0.315 e. The van der Waals surface area contributed by atoms with Crippen LogP contribution in [0.2, 0.25) is 0 Å².